The summed E-state index contributed by atoms with van der Waals surface area (Å²) in [5.74, 6) is 0.788. The molecule has 0 fully saturated rings. The Kier molecular flexibility index (Phi) is 8.35. The Bertz CT molecular complexity index is 762. The van der Waals surface area contributed by atoms with Crippen LogP contribution in [0.1, 0.15) is 37.9 Å². The Hall–Kier alpha value is -2.32. The molecule has 8 heteroatoms. The van der Waals surface area contributed by atoms with Gasteiger partial charge < -0.3 is 14.1 Å². The van der Waals surface area contributed by atoms with E-state index < -0.39 is 5.91 Å². The Morgan fingerprint density at radius 3 is 2.56 bits per heavy atom. The number of benzene rings is 1. The lowest BCUT2D eigenvalue weighted by molar-refractivity contribution is -0.129. The molecule has 0 aliphatic heterocycles. The van der Waals surface area contributed by atoms with E-state index in [0.717, 1.165) is 0 Å². The van der Waals surface area contributed by atoms with Crippen molar-refractivity contribution in [2.45, 2.75) is 38.6 Å². The molecule has 0 spiro atoms. The number of rotatable bonds is 10. The number of halogens is 1. The number of amides is 2. The number of nitrogens with zero attached hydrogens (tertiary/aromatic N) is 1. The van der Waals surface area contributed by atoms with Gasteiger partial charge in [-0.25, -0.2) is 5.48 Å². The van der Waals surface area contributed by atoms with E-state index in [1.807, 2.05) is 24.3 Å². The molecule has 0 aliphatic rings. The number of methoxy groups -OCH3 is 1. The highest BCUT2D eigenvalue weighted by Gasteiger charge is 2.20. The average Bonchev–Trinajstić information content (AvgIpc) is 3.10. The van der Waals surface area contributed by atoms with E-state index in [0.29, 0.717) is 47.5 Å². The summed E-state index contributed by atoms with van der Waals surface area (Å²) in [6, 6.07) is 10.9. The number of furan rings is 1. The van der Waals surface area contributed by atoms with Gasteiger partial charge in [0.15, 0.2) is 4.67 Å². The molecule has 0 atom stereocenters. The van der Waals surface area contributed by atoms with Gasteiger partial charge in [-0.2, -0.15) is 0 Å². The van der Waals surface area contributed by atoms with E-state index in [1.54, 1.807) is 29.6 Å². The fourth-order valence-corrected chi connectivity index (χ4v) is 3.02. The minimum absolute atomic E-state index is 0.0568. The van der Waals surface area contributed by atoms with E-state index >= 15 is 0 Å². The molecule has 0 unspecified atom stereocenters. The summed E-state index contributed by atoms with van der Waals surface area (Å²) >= 11 is 3.27. The van der Waals surface area contributed by atoms with Gasteiger partial charge in [0.25, 0.3) is 0 Å². The third kappa shape index (κ3) is 6.41. The lowest BCUT2D eigenvalue weighted by Crippen LogP contribution is -2.30. The molecule has 146 valence electrons. The van der Waals surface area contributed by atoms with E-state index in [2.05, 4.69) is 15.9 Å². The topological polar surface area (TPSA) is 92.0 Å². The highest BCUT2D eigenvalue weighted by Crippen LogP contribution is 2.30. The van der Waals surface area contributed by atoms with Crippen molar-refractivity contribution < 1.29 is 24.0 Å². The number of hydrogen-bond donors (Lipinski definition) is 2. The number of ether oxygens (including phenoxy) is 1. The SMILES string of the molecule is COc1ccccc1N(Cc1ccc(Br)o1)C(=O)CCCCCC(=O)NO. The lowest BCUT2D eigenvalue weighted by atomic mass is 10.1. The van der Waals surface area contributed by atoms with Crippen LogP contribution in [-0.4, -0.2) is 24.1 Å². The van der Waals surface area contributed by atoms with Gasteiger partial charge in [-0.1, -0.05) is 18.6 Å². The van der Waals surface area contributed by atoms with Crippen LogP contribution < -0.4 is 15.1 Å². The fraction of sp³-hybridized carbons (Fsp3) is 0.368. The van der Waals surface area contributed by atoms with E-state index in [4.69, 9.17) is 14.4 Å². The molecule has 0 radical (unpaired) electrons. The molecule has 0 aliphatic carbocycles. The molecule has 2 rings (SSSR count). The van der Waals surface area contributed by atoms with E-state index in [-0.39, 0.29) is 18.9 Å². The van der Waals surface area contributed by atoms with Crippen molar-refractivity contribution in [3.63, 3.8) is 0 Å². The largest absolute Gasteiger partial charge is 0.495 e. The number of unbranched alkanes of at least 4 members (excludes halogenated alkanes) is 2. The van der Waals surface area contributed by atoms with Gasteiger partial charge in [0.1, 0.15) is 11.5 Å². The van der Waals surface area contributed by atoms with Crippen LogP contribution in [0.3, 0.4) is 0 Å². The van der Waals surface area contributed by atoms with Crippen LogP contribution in [0, 0.1) is 0 Å². The second kappa shape index (κ2) is 10.7. The van der Waals surface area contributed by atoms with Crippen LogP contribution in [0.4, 0.5) is 5.69 Å². The first-order chi connectivity index (χ1) is 13.0. The summed E-state index contributed by atoms with van der Waals surface area (Å²) < 4.78 is 11.6. The number of hydroxylamine groups is 1. The Balaban J connectivity index is 2.05. The summed E-state index contributed by atoms with van der Waals surface area (Å²) in [7, 11) is 1.57. The molecule has 2 N–H and O–H groups in total. The molecule has 1 aromatic carbocycles. The van der Waals surface area contributed by atoms with Gasteiger partial charge in [0.05, 0.1) is 19.3 Å². The summed E-state index contributed by atoms with van der Waals surface area (Å²) in [6.07, 6.45) is 2.54. The molecule has 1 aromatic heterocycles. The quantitative estimate of drug-likeness (QED) is 0.331. The van der Waals surface area contributed by atoms with Crippen LogP contribution in [0.2, 0.25) is 0 Å². The molecule has 2 aromatic rings. The van der Waals surface area contributed by atoms with Gasteiger partial charge >= 0.3 is 0 Å². The van der Waals surface area contributed by atoms with Crippen LogP contribution in [0.25, 0.3) is 0 Å². The normalized spacial score (nSPS) is 10.5. The second-order valence-corrected chi connectivity index (χ2v) is 6.73. The van der Waals surface area contributed by atoms with Crippen LogP contribution in [0.15, 0.2) is 45.5 Å². The molecule has 1 heterocycles. The molecule has 0 bridgehead atoms. The first kappa shape index (κ1) is 21.0. The van der Waals surface area contributed by atoms with Crippen LogP contribution in [-0.2, 0) is 16.1 Å². The van der Waals surface area contributed by atoms with Gasteiger partial charge in [-0.15, -0.1) is 0 Å². The van der Waals surface area contributed by atoms with Gasteiger partial charge in [-0.05, 0) is 53.0 Å². The third-order valence-electron chi connectivity index (χ3n) is 4.04. The number of hydrogen-bond acceptors (Lipinski definition) is 5. The number of carbonyl (C=O) groups is 2. The minimum Gasteiger partial charge on any atom is -0.495 e. The highest BCUT2D eigenvalue weighted by molar-refractivity contribution is 9.10. The van der Waals surface area contributed by atoms with Crippen molar-refractivity contribution in [1.29, 1.82) is 0 Å². The van der Waals surface area contributed by atoms with Crippen molar-refractivity contribution in [3.05, 3.63) is 46.8 Å². The molecule has 7 nitrogen and oxygen atoms in total. The minimum atomic E-state index is -0.416. The number of para-hydroxylation sites is 2. The molecular weight excluding hydrogens is 416 g/mol. The highest BCUT2D eigenvalue weighted by atomic mass is 79.9. The number of anilines is 1. The molecule has 2 amide bonds. The fourth-order valence-electron chi connectivity index (χ4n) is 2.68. The summed E-state index contributed by atoms with van der Waals surface area (Å²) in [5.41, 5.74) is 2.28. The smallest absolute Gasteiger partial charge is 0.243 e. The lowest BCUT2D eigenvalue weighted by Gasteiger charge is -2.24. The van der Waals surface area contributed by atoms with Crippen molar-refractivity contribution >= 4 is 33.4 Å². The predicted octanol–water partition coefficient (Wildman–Crippen LogP) is 4.04. The zero-order valence-corrected chi connectivity index (χ0v) is 16.7. The van der Waals surface area contributed by atoms with Crippen molar-refractivity contribution in [2.75, 3.05) is 12.0 Å². The predicted molar refractivity (Wildman–Crippen MR) is 104 cm³/mol. The zero-order valence-electron chi connectivity index (χ0n) is 15.1. The molecule has 27 heavy (non-hydrogen) atoms. The van der Waals surface area contributed by atoms with Gasteiger partial charge in [0, 0.05) is 12.8 Å². The van der Waals surface area contributed by atoms with E-state index in [1.165, 1.54) is 0 Å². The average molecular weight is 439 g/mol. The van der Waals surface area contributed by atoms with Gasteiger partial charge in [-0.3, -0.25) is 14.8 Å². The van der Waals surface area contributed by atoms with Gasteiger partial charge in [0.2, 0.25) is 11.8 Å². The molecule has 0 saturated carbocycles. The Labute approximate surface area is 166 Å². The third-order valence-corrected chi connectivity index (χ3v) is 4.47. The van der Waals surface area contributed by atoms with Crippen LogP contribution in [0.5, 0.6) is 5.75 Å². The number of nitrogens with one attached hydrogen (secondary N) is 1. The first-order valence-corrected chi connectivity index (χ1v) is 9.45. The first-order valence-electron chi connectivity index (χ1n) is 8.65. The molecule has 0 saturated heterocycles. The van der Waals surface area contributed by atoms with Crippen molar-refractivity contribution in [1.82, 2.24) is 5.48 Å². The summed E-state index contributed by atoms with van der Waals surface area (Å²) in [5, 5.41) is 8.49. The van der Waals surface area contributed by atoms with Crippen molar-refractivity contribution in [3.8, 4) is 5.75 Å². The van der Waals surface area contributed by atoms with E-state index in [9.17, 15) is 9.59 Å². The summed E-state index contributed by atoms with van der Waals surface area (Å²) in [4.78, 5) is 25.5. The Morgan fingerprint density at radius 2 is 1.89 bits per heavy atom. The summed E-state index contributed by atoms with van der Waals surface area (Å²) in [6.45, 7) is 0.289. The van der Waals surface area contributed by atoms with Crippen molar-refractivity contribution in [2.24, 2.45) is 0 Å². The molecular formula is C19H23BrN2O5. The maximum Gasteiger partial charge on any atom is 0.243 e. The maximum atomic E-state index is 12.9. The standard InChI is InChI=1S/C19H23BrN2O5/c1-26-16-8-6-5-7-15(16)22(13-14-11-12-17(20)27-14)19(24)10-4-2-3-9-18(23)21-25/h5-8,11-12,25H,2-4,9-10,13H2,1H3,(H,21,23). The second-order valence-electron chi connectivity index (χ2n) is 5.95. The zero-order chi connectivity index (χ0) is 19.6. The Morgan fingerprint density at radius 1 is 1.15 bits per heavy atom. The maximum absolute atomic E-state index is 12.9. The van der Waals surface area contributed by atoms with Crippen LogP contribution >= 0.6 is 15.9 Å². The monoisotopic (exact) mass is 438 g/mol. The number of carbonyl (C=O) groups excluding carboxylic acids is 2.